The van der Waals surface area contributed by atoms with Gasteiger partial charge in [-0.1, -0.05) is 70.9 Å². The Bertz CT molecular complexity index is 1090. The number of nitro benzene ring substituents is 1. The second kappa shape index (κ2) is 12.6. The predicted molar refractivity (Wildman–Crippen MR) is 164 cm³/mol. The van der Waals surface area contributed by atoms with Gasteiger partial charge in [-0.3, -0.25) is 10.1 Å². The Morgan fingerprint density at radius 2 is 1.75 bits per heavy atom. The van der Waals surface area contributed by atoms with Gasteiger partial charge < -0.3 is 4.74 Å². The van der Waals surface area contributed by atoms with E-state index in [1.54, 1.807) is 5.57 Å². The average molecular weight is 568 g/mol. The number of fused-ring (bicyclic) bond motifs is 5. The van der Waals surface area contributed by atoms with Crippen molar-refractivity contribution >= 4 is 22.8 Å². The number of allylic oxidation sites excluding steroid dienone is 2. The molecule has 40 heavy (non-hydrogen) atoms. The SMILES string of the molecule is CCCCCCCC[C@@H]1CC[C@@H]2[C@@H]3CC=C4C[C@@H](SC(=O)Oc5ccc([N+](=O)[O-])cc5)CC[C@]4(C)[C@@H]3CC[C@]12C. The van der Waals surface area contributed by atoms with Gasteiger partial charge in [0.1, 0.15) is 5.75 Å². The first kappa shape index (κ1) is 29.7. The summed E-state index contributed by atoms with van der Waals surface area (Å²) in [7, 11) is 0. The third kappa shape index (κ3) is 6.03. The Morgan fingerprint density at radius 1 is 1.00 bits per heavy atom. The van der Waals surface area contributed by atoms with Gasteiger partial charge in [-0.25, -0.2) is 4.79 Å². The first-order valence-electron chi connectivity index (χ1n) is 16.1. The van der Waals surface area contributed by atoms with Crippen LogP contribution in [0.2, 0.25) is 0 Å². The zero-order valence-electron chi connectivity index (χ0n) is 24.9. The van der Waals surface area contributed by atoms with Crippen LogP contribution in [-0.4, -0.2) is 15.5 Å². The monoisotopic (exact) mass is 567 g/mol. The summed E-state index contributed by atoms with van der Waals surface area (Å²) in [6.45, 7) is 7.50. The predicted octanol–water partition coefficient (Wildman–Crippen LogP) is 10.5. The smallest absolute Gasteiger partial charge is 0.372 e. The molecule has 4 aliphatic carbocycles. The molecule has 6 heteroatoms. The van der Waals surface area contributed by atoms with Crippen LogP contribution in [0, 0.1) is 44.6 Å². The van der Waals surface area contributed by atoms with Gasteiger partial charge >= 0.3 is 5.30 Å². The van der Waals surface area contributed by atoms with Crippen molar-refractivity contribution in [2.45, 2.75) is 122 Å². The number of hydrogen-bond donors (Lipinski definition) is 0. The van der Waals surface area contributed by atoms with E-state index in [0.29, 0.717) is 11.2 Å². The lowest BCUT2D eigenvalue weighted by Gasteiger charge is -2.58. The molecule has 0 spiro atoms. The van der Waals surface area contributed by atoms with Crippen molar-refractivity contribution in [3.8, 4) is 5.75 Å². The molecule has 0 unspecified atom stereocenters. The van der Waals surface area contributed by atoms with Crippen molar-refractivity contribution in [1.82, 2.24) is 0 Å². The summed E-state index contributed by atoms with van der Waals surface area (Å²) in [6.07, 6.45) is 22.5. The van der Waals surface area contributed by atoms with E-state index in [1.807, 2.05) is 0 Å². The van der Waals surface area contributed by atoms with Gasteiger partial charge in [0.05, 0.1) is 4.92 Å². The van der Waals surface area contributed by atoms with Crippen LogP contribution in [0.1, 0.15) is 117 Å². The number of nitro groups is 1. The normalized spacial score (nSPS) is 34.8. The molecule has 7 atom stereocenters. The van der Waals surface area contributed by atoms with Crippen LogP contribution in [-0.2, 0) is 0 Å². The highest BCUT2D eigenvalue weighted by Gasteiger charge is 2.58. The number of rotatable bonds is 10. The molecule has 0 radical (unpaired) electrons. The van der Waals surface area contributed by atoms with Gasteiger partial charge in [0.15, 0.2) is 0 Å². The number of thioether (sulfide) groups is 1. The zero-order chi connectivity index (χ0) is 28.3. The second-order valence-corrected chi connectivity index (χ2v) is 15.0. The van der Waals surface area contributed by atoms with E-state index in [0.717, 1.165) is 42.9 Å². The molecule has 3 fully saturated rings. The number of carbonyl (C=O) groups excluding carboxylic acids is 1. The molecule has 220 valence electrons. The van der Waals surface area contributed by atoms with Crippen LogP contribution in [0.25, 0.3) is 0 Å². The van der Waals surface area contributed by atoms with Crippen molar-refractivity contribution in [2.75, 3.05) is 0 Å². The van der Waals surface area contributed by atoms with E-state index in [2.05, 4.69) is 26.8 Å². The maximum absolute atomic E-state index is 12.7. The Morgan fingerprint density at radius 3 is 2.50 bits per heavy atom. The topological polar surface area (TPSA) is 69.4 Å². The lowest BCUT2D eigenvalue weighted by Crippen LogP contribution is -2.50. The fourth-order valence-electron chi connectivity index (χ4n) is 9.37. The number of carbonyl (C=O) groups is 1. The third-order valence-electron chi connectivity index (χ3n) is 11.7. The molecule has 4 aliphatic rings. The van der Waals surface area contributed by atoms with Crippen LogP contribution in [0.15, 0.2) is 35.9 Å². The van der Waals surface area contributed by atoms with E-state index in [-0.39, 0.29) is 21.7 Å². The molecule has 0 saturated heterocycles. The van der Waals surface area contributed by atoms with Crippen molar-refractivity contribution < 1.29 is 14.5 Å². The molecule has 1 aromatic carbocycles. The van der Waals surface area contributed by atoms with Gasteiger partial charge in [0, 0.05) is 17.4 Å². The number of non-ortho nitro benzene ring substituents is 1. The molecule has 0 amide bonds. The fraction of sp³-hybridized carbons (Fsp3) is 0.735. The van der Waals surface area contributed by atoms with E-state index < -0.39 is 4.92 Å². The minimum Gasteiger partial charge on any atom is -0.418 e. The number of unbranched alkanes of at least 4 members (excludes halogenated alkanes) is 5. The summed E-state index contributed by atoms with van der Waals surface area (Å²) in [4.78, 5) is 23.1. The average Bonchev–Trinajstić information content (AvgIpc) is 3.27. The first-order chi connectivity index (χ1) is 19.2. The highest BCUT2D eigenvalue weighted by atomic mass is 32.2. The van der Waals surface area contributed by atoms with E-state index in [4.69, 9.17) is 4.74 Å². The Balaban J connectivity index is 1.16. The molecule has 0 N–H and O–H groups in total. The lowest BCUT2D eigenvalue weighted by molar-refractivity contribution is -0.384. The van der Waals surface area contributed by atoms with E-state index >= 15 is 0 Å². The molecular formula is C34H49NO4S. The fourth-order valence-corrected chi connectivity index (χ4v) is 10.3. The van der Waals surface area contributed by atoms with Gasteiger partial charge in [0.25, 0.3) is 5.69 Å². The molecule has 5 nitrogen and oxygen atoms in total. The van der Waals surface area contributed by atoms with Gasteiger partial charge in [-0.15, -0.1) is 0 Å². The minimum absolute atomic E-state index is 0.00415. The summed E-state index contributed by atoms with van der Waals surface area (Å²) >= 11 is 1.30. The number of hydrogen-bond acceptors (Lipinski definition) is 5. The molecule has 5 rings (SSSR count). The summed E-state index contributed by atoms with van der Waals surface area (Å²) in [6, 6.07) is 5.74. The molecule has 1 aromatic rings. The number of nitrogens with zero attached hydrogens (tertiary/aromatic N) is 1. The zero-order valence-corrected chi connectivity index (χ0v) is 25.7. The number of ether oxygens (including phenoxy) is 1. The van der Waals surface area contributed by atoms with Crippen LogP contribution in [0.5, 0.6) is 5.75 Å². The van der Waals surface area contributed by atoms with Gasteiger partial charge in [-0.2, -0.15) is 0 Å². The second-order valence-electron chi connectivity index (χ2n) is 13.7. The van der Waals surface area contributed by atoms with Crippen molar-refractivity contribution in [2.24, 2.45) is 34.5 Å². The quantitative estimate of drug-likeness (QED) is 0.0924. The maximum Gasteiger partial charge on any atom is 0.372 e. The first-order valence-corrected chi connectivity index (χ1v) is 16.9. The Kier molecular flexibility index (Phi) is 9.34. The summed E-state index contributed by atoms with van der Waals surface area (Å²) in [5.41, 5.74) is 2.41. The molecular weight excluding hydrogens is 518 g/mol. The summed E-state index contributed by atoms with van der Waals surface area (Å²) in [5, 5.41) is 10.8. The van der Waals surface area contributed by atoms with Crippen LogP contribution in [0.4, 0.5) is 10.5 Å². The van der Waals surface area contributed by atoms with Crippen molar-refractivity contribution in [3.63, 3.8) is 0 Å². The summed E-state index contributed by atoms with van der Waals surface area (Å²) < 4.78 is 5.50. The third-order valence-corrected chi connectivity index (χ3v) is 12.7. The molecule has 0 aromatic heterocycles. The molecule has 0 aliphatic heterocycles. The standard InChI is InChI=1S/C34H49NO4S/c1-4-5-6-7-8-9-10-24-12-18-30-29-17-11-25-23-28(19-21-34(25,3)31(29)20-22-33(24,30)2)40-32(36)39-27-15-13-26(14-16-27)35(37)38/h11,13-16,24,28-31H,4-10,12,17-23H2,1-3H3/t24-,28+,29+,30-,31-,33-,34+/m1/s1. The van der Waals surface area contributed by atoms with Crippen LogP contribution < -0.4 is 4.74 Å². The van der Waals surface area contributed by atoms with Crippen LogP contribution >= 0.6 is 11.8 Å². The highest BCUT2D eigenvalue weighted by molar-refractivity contribution is 8.13. The van der Waals surface area contributed by atoms with Gasteiger partial charge in [-0.05, 0) is 116 Å². The molecule has 0 bridgehead atoms. The highest BCUT2D eigenvalue weighted by Crippen LogP contribution is 2.67. The molecule has 3 saturated carbocycles. The van der Waals surface area contributed by atoms with Crippen molar-refractivity contribution in [3.05, 3.63) is 46.0 Å². The van der Waals surface area contributed by atoms with Crippen molar-refractivity contribution in [1.29, 1.82) is 0 Å². The maximum atomic E-state index is 12.7. The minimum atomic E-state index is -0.448. The van der Waals surface area contributed by atoms with E-state index in [1.165, 1.54) is 113 Å². The summed E-state index contributed by atoms with van der Waals surface area (Å²) in [5.74, 6) is 3.79. The Hall–Kier alpha value is -1.82. The Labute approximate surface area is 245 Å². The largest absolute Gasteiger partial charge is 0.418 e. The lowest BCUT2D eigenvalue weighted by atomic mass is 9.47. The molecule has 0 heterocycles. The van der Waals surface area contributed by atoms with Gasteiger partial charge in [0.2, 0.25) is 0 Å². The van der Waals surface area contributed by atoms with Crippen LogP contribution in [0.3, 0.4) is 0 Å². The van der Waals surface area contributed by atoms with E-state index in [9.17, 15) is 14.9 Å². The number of benzene rings is 1.